The van der Waals surface area contributed by atoms with Gasteiger partial charge in [-0.15, -0.1) is 0 Å². The topological polar surface area (TPSA) is 68.2 Å². The first-order valence-electron chi connectivity index (χ1n) is 6.02. The molecule has 2 heterocycles. The van der Waals surface area contributed by atoms with Gasteiger partial charge in [-0.3, -0.25) is 9.48 Å². The van der Waals surface area contributed by atoms with Crippen LogP contribution in [0.2, 0.25) is 0 Å². The number of aromatic nitrogens is 2. The van der Waals surface area contributed by atoms with Crippen LogP contribution in [0.3, 0.4) is 0 Å². The fourth-order valence-corrected chi connectivity index (χ4v) is 1.95. The lowest BCUT2D eigenvalue weighted by molar-refractivity contribution is -0.122. The number of aryl methyl sites for hydroxylation is 1. The van der Waals surface area contributed by atoms with Gasteiger partial charge in [0, 0.05) is 19.3 Å². The summed E-state index contributed by atoms with van der Waals surface area (Å²) in [6.07, 6.45) is 1.21. The lowest BCUT2D eigenvalue weighted by Gasteiger charge is -2.26. The van der Waals surface area contributed by atoms with E-state index >= 15 is 0 Å². The number of amides is 1. The number of fused-ring (bicyclic) bond motifs is 1. The Morgan fingerprint density at radius 3 is 3.11 bits per heavy atom. The van der Waals surface area contributed by atoms with Crippen molar-refractivity contribution in [1.29, 1.82) is 0 Å². The minimum Gasteiger partial charge on any atom is -0.477 e. The number of hydrogen-bond donors (Lipinski definition) is 2. The molecule has 2 aromatic rings. The van der Waals surface area contributed by atoms with Crippen molar-refractivity contribution in [1.82, 2.24) is 9.78 Å². The zero-order valence-electron chi connectivity index (χ0n) is 10.5. The average Bonchev–Trinajstić information content (AvgIpc) is 2.83. The number of carbonyl (C=O) groups excluding carboxylic acids is 1. The summed E-state index contributed by atoms with van der Waals surface area (Å²) in [5.74, 6) is 1.01. The van der Waals surface area contributed by atoms with E-state index < -0.39 is 6.10 Å². The molecule has 0 fully saturated rings. The second-order valence-corrected chi connectivity index (χ2v) is 4.35. The van der Waals surface area contributed by atoms with Crippen LogP contribution in [-0.2, 0) is 11.8 Å². The monoisotopic (exact) mass is 258 g/mol. The number of ether oxygens (including phenoxy) is 1. The molecular weight excluding hydrogens is 244 g/mol. The Labute approximate surface area is 110 Å². The van der Waals surface area contributed by atoms with Crippen molar-refractivity contribution in [3.05, 3.63) is 36.5 Å². The molecule has 98 valence electrons. The molecule has 2 N–H and O–H groups in total. The highest BCUT2D eigenvalue weighted by molar-refractivity contribution is 5.94. The van der Waals surface area contributed by atoms with Gasteiger partial charge in [0.15, 0.2) is 11.9 Å². The molecule has 1 atom stereocenters. The Morgan fingerprint density at radius 1 is 1.47 bits per heavy atom. The second kappa shape index (κ2) is 4.64. The SMILES string of the molecule is Cn1ccc(NC(=O)C2CNc3ccccc3O2)n1. The van der Waals surface area contributed by atoms with Crippen molar-refractivity contribution in [2.45, 2.75) is 6.10 Å². The number of hydrogen-bond acceptors (Lipinski definition) is 4. The summed E-state index contributed by atoms with van der Waals surface area (Å²) in [6, 6.07) is 9.29. The minimum atomic E-state index is -0.558. The highest BCUT2D eigenvalue weighted by Gasteiger charge is 2.25. The molecule has 1 aliphatic rings. The molecule has 0 saturated heterocycles. The highest BCUT2D eigenvalue weighted by atomic mass is 16.5. The molecule has 19 heavy (non-hydrogen) atoms. The quantitative estimate of drug-likeness (QED) is 0.850. The maximum absolute atomic E-state index is 12.1. The van der Waals surface area contributed by atoms with Crippen LogP contribution in [0.15, 0.2) is 36.5 Å². The first kappa shape index (κ1) is 11.6. The molecule has 1 amide bonds. The normalized spacial score (nSPS) is 17.0. The summed E-state index contributed by atoms with van der Waals surface area (Å²) in [5.41, 5.74) is 0.907. The first-order chi connectivity index (χ1) is 9.22. The predicted octanol–water partition coefficient (Wildman–Crippen LogP) is 1.23. The fraction of sp³-hybridized carbons (Fsp3) is 0.231. The smallest absolute Gasteiger partial charge is 0.268 e. The van der Waals surface area contributed by atoms with E-state index in [1.807, 2.05) is 24.3 Å². The number of nitrogens with zero attached hydrogens (tertiary/aromatic N) is 2. The molecule has 6 nitrogen and oxygen atoms in total. The van der Waals surface area contributed by atoms with Crippen molar-refractivity contribution < 1.29 is 9.53 Å². The molecule has 0 aliphatic carbocycles. The zero-order chi connectivity index (χ0) is 13.2. The minimum absolute atomic E-state index is 0.208. The zero-order valence-corrected chi connectivity index (χ0v) is 10.5. The van der Waals surface area contributed by atoms with Gasteiger partial charge >= 0.3 is 0 Å². The van der Waals surface area contributed by atoms with Gasteiger partial charge in [0.2, 0.25) is 0 Å². The highest BCUT2D eigenvalue weighted by Crippen LogP contribution is 2.28. The molecule has 0 saturated carbocycles. The van der Waals surface area contributed by atoms with Gasteiger partial charge in [0.25, 0.3) is 5.91 Å². The maximum atomic E-state index is 12.1. The van der Waals surface area contributed by atoms with Gasteiger partial charge in [-0.1, -0.05) is 12.1 Å². The third-order valence-electron chi connectivity index (χ3n) is 2.89. The third kappa shape index (κ3) is 2.37. The van der Waals surface area contributed by atoms with Gasteiger partial charge in [-0.2, -0.15) is 5.10 Å². The van der Waals surface area contributed by atoms with Gasteiger partial charge in [-0.05, 0) is 12.1 Å². The Hall–Kier alpha value is -2.50. The van der Waals surface area contributed by atoms with E-state index in [-0.39, 0.29) is 5.91 Å². The van der Waals surface area contributed by atoms with E-state index in [9.17, 15) is 4.79 Å². The molecule has 3 rings (SSSR count). The van der Waals surface area contributed by atoms with E-state index in [4.69, 9.17) is 4.74 Å². The summed E-state index contributed by atoms with van der Waals surface area (Å²) < 4.78 is 7.29. The maximum Gasteiger partial charge on any atom is 0.268 e. The fourth-order valence-electron chi connectivity index (χ4n) is 1.95. The van der Waals surface area contributed by atoms with E-state index in [0.717, 1.165) is 5.69 Å². The summed E-state index contributed by atoms with van der Waals surface area (Å²) >= 11 is 0. The van der Waals surface area contributed by atoms with Crippen LogP contribution in [0.25, 0.3) is 0 Å². The molecule has 0 bridgehead atoms. The van der Waals surface area contributed by atoms with Crippen LogP contribution in [0, 0.1) is 0 Å². The van der Waals surface area contributed by atoms with Crippen molar-refractivity contribution >= 4 is 17.4 Å². The summed E-state index contributed by atoms with van der Waals surface area (Å²) in [7, 11) is 1.80. The number of para-hydroxylation sites is 2. The van der Waals surface area contributed by atoms with Crippen molar-refractivity contribution in [3.63, 3.8) is 0 Å². The van der Waals surface area contributed by atoms with Gasteiger partial charge in [0.1, 0.15) is 5.75 Å². The Balaban J connectivity index is 1.69. The predicted molar refractivity (Wildman–Crippen MR) is 71.2 cm³/mol. The molecule has 1 aromatic heterocycles. The van der Waals surface area contributed by atoms with Gasteiger partial charge < -0.3 is 15.4 Å². The molecule has 1 aliphatic heterocycles. The van der Waals surface area contributed by atoms with E-state index in [0.29, 0.717) is 18.1 Å². The molecule has 1 aromatic carbocycles. The van der Waals surface area contributed by atoms with Crippen molar-refractivity contribution in [2.24, 2.45) is 7.05 Å². The Kier molecular flexibility index (Phi) is 2.83. The molecule has 6 heteroatoms. The molecule has 1 unspecified atom stereocenters. The second-order valence-electron chi connectivity index (χ2n) is 4.35. The van der Waals surface area contributed by atoms with Crippen LogP contribution >= 0.6 is 0 Å². The van der Waals surface area contributed by atoms with Crippen molar-refractivity contribution in [3.8, 4) is 5.75 Å². The number of anilines is 2. The van der Waals surface area contributed by atoms with E-state index in [1.165, 1.54) is 0 Å². The number of benzene rings is 1. The standard InChI is InChI=1S/C13H14N4O2/c1-17-7-6-12(16-17)15-13(18)11-8-14-9-4-2-3-5-10(9)19-11/h2-7,11,14H,8H2,1H3,(H,15,16,18). The van der Waals surface area contributed by atoms with Gasteiger partial charge in [-0.25, -0.2) is 0 Å². The van der Waals surface area contributed by atoms with E-state index in [2.05, 4.69) is 15.7 Å². The van der Waals surface area contributed by atoms with Gasteiger partial charge in [0.05, 0.1) is 12.2 Å². The Morgan fingerprint density at radius 2 is 2.32 bits per heavy atom. The number of rotatable bonds is 2. The lowest BCUT2D eigenvalue weighted by Crippen LogP contribution is -2.41. The van der Waals surface area contributed by atoms with Crippen LogP contribution in [0.1, 0.15) is 0 Å². The van der Waals surface area contributed by atoms with Crippen molar-refractivity contribution in [2.75, 3.05) is 17.2 Å². The first-order valence-corrected chi connectivity index (χ1v) is 6.02. The van der Waals surface area contributed by atoms with E-state index in [1.54, 1.807) is 24.0 Å². The third-order valence-corrected chi connectivity index (χ3v) is 2.89. The van der Waals surface area contributed by atoms with Crippen LogP contribution in [0.4, 0.5) is 11.5 Å². The number of nitrogens with one attached hydrogen (secondary N) is 2. The molecule has 0 spiro atoms. The lowest BCUT2D eigenvalue weighted by atomic mass is 10.2. The summed E-state index contributed by atoms with van der Waals surface area (Å²) in [4.78, 5) is 12.1. The molecule has 0 radical (unpaired) electrons. The Bertz CT molecular complexity index is 608. The molecular formula is C13H14N4O2. The summed E-state index contributed by atoms with van der Waals surface area (Å²) in [6.45, 7) is 0.440. The van der Waals surface area contributed by atoms with Crippen LogP contribution in [-0.4, -0.2) is 28.3 Å². The largest absolute Gasteiger partial charge is 0.477 e. The summed E-state index contributed by atoms with van der Waals surface area (Å²) in [5, 5.41) is 10.00. The number of carbonyl (C=O) groups is 1. The van der Waals surface area contributed by atoms with Crippen LogP contribution in [0.5, 0.6) is 5.75 Å². The van der Waals surface area contributed by atoms with Crippen LogP contribution < -0.4 is 15.4 Å². The average molecular weight is 258 g/mol.